The SMILES string of the molecule is COc1ccc(C=Cc2ccc(O)c(CN3Cc4cccc(n4)CN(C)Cc4cccc(n4)C3)c2)cc1OC. The van der Waals surface area contributed by atoms with E-state index in [0.29, 0.717) is 31.1 Å². The zero-order valence-electron chi connectivity index (χ0n) is 22.7. The maximum absolute atomic E-state index is 10.8. The van der Waals surface area contributed by atoms with E-state index >= 15 is 0 Å². The summed E-state index contributed by atoms with van der Waals surface area (Å²) < 4.78 is 10.8. The Hall–Kier alpha value is -4.20. The average molecular weight is 523 g/mol. The Bertz CT molecular complexity index is 1420. The van der Waals surface area contributed by atoms with Crippen LogP contribution in [0.2, 0.25) is 0 Å². The molecule has 1 aliphatic heterocycles. The van der Waals surface area contributed by atoms with E-state index in [-0.39, 0.29) is 5.75 Å². The minimum atomic E-state index is 0.273. The molecule has 0 saturated carbocycles. The first kappa shape index (κ1) is 26.4. The molecule has 0 unspecified atom stereocenters. The van der Waals surface area contributed by atoms with Gasteiger partial charge in [0.05, 0.1) is 37.0 Å². The van der Waals surface area contributed by atoms with Gasteiger partial charge in [-0.1, -0.05) is 36.4 Å². The van der Waals surface area contributed by atoms with Gasteiger partial charge in [0.1, 0.15) is 5.75 Å². The second-order valence-corrected chi connectivity index (χ2v) is 9.89. The lowest BCUT2D eigenvalue weighted by molar-refractivity contribution is 0.235. The average Bonchev–Trinajstić information content (AvgIpc) is 2.93. The highest BCUT2D eigenvalue weighted by atomic mass is 16.5. The molecule has 0 atom stereocenters. The lowest BCUT2D eigenvalue weighted by atomic mass is 10.1. The number of phenolic OH excluding ortho intramolecular Hbond substituents is 1. The number of aromatic hydroxyl groups is 1. The van der Waals surface area contributed by atoms with Crippen molar-refractivity contribution in [2.75, 3.05) is 21.3 Å². The van der Waals surface area contributed by atoms with Crippen LogP contribution in [0.25, 0.3) is 12.2 Å². The fourth-order valence-electron chi connectivity index (χ4n) is 4.87. The van der Waals surface area contributed by atoms with Gasteiger partial charge in [-0.2, -0.15) is 0 Å². The summed E-state index contributed by atoms with van der Waals surface area (Å²) in [5, 5.41) is 10.8. The summed E-state index contributed by atoms with van der Waals surface area (Å²) in [4.78, 5) is 14.3. The van der Waals surface area contributed by atoms with E-state index in [0.717, 1.165) is 52.6 Å². The first-order valence-corrected chi connectivity index (χ1v) is 13.0. The third-order valence-electron chi connectivity index (χ3n) is 6.74. The van der Waals surface area contributed by atoms with Crippen LogP contribution in [0.5, 0.6) is 17.2 Å². The second kappa shape index (κ2) is 12.1. The van der Waals surface area contributed by atoms with Gasteiger partial charge in [-0.05, 0) is 66.7 Å². The minimum absolute atomic E-state index is 0.273. The molecule has 4 bridgehead atoms. The third kappa shape index (κ3) is 6.82. The normalized spacial score (nSPS) is 14.5. The maximum atomic E-state index is 10.8. The first-order valence-electron chi connectivity index (χ1n) is 13.0. The lowest BCUT2D eigenvalue weighted by Gasteiger charge is -2.24. The van der Waals surface area contributed by atoms with E-state index in [1.165, 1.54) is 0 Å². The summed E-state index contributed by atoms with van der Waals surface area (Å²) >= 11 is 0. The summed E-state index contributed by atoms with van der Waals surface area (Å²) in [6.45, 7) is 3.37. The number of fused-ring (bicyclic) bond motifs is 4. The topological polar surface area (TPSA) is 71.0 Å². The number of hydrogen-bond donors (Lipinski definition) is 1. The van der Waals surface area contributed by atoms with Crippen LogP contribution in [0.4, 0.5) is 0 Å². The van der Waals surface area contributed by atoms with E-state index in [1.807, 2.05) is 42.5 Å². The number of nitrogens with zero attached hydrogens (tertiary/aromatic N) is 4. The smallest absolute Gasteiger partial charge is 0.161 e. The Kier molecular flexibility index (Phi) is 8.20. The number of pyridine rings is 2. The largest absolute Gasteiger partial charge is 0.508 e. The summed E-state index contributed by atoms with van der Waals surface area (Å²) in [6, 6.07) is 23.9. The molecule has 7 heteroatoms. The molecule has 1 aliphatic rings. The summed E-state index contributed by atoms with van der Waals surface area (Å²) in [5.41, 5.74) is 6.92. The van der Waals surface area contributed by atoms with Crippen molar-refractivity contribution in [3.05, 3.63) is 112 Å². The van der Waals surface area contributed by atoms with Crippen LogP contribution in [0.15, 0.2) is 72.8 Å². The van der Waals surface area contributed by atoms with Gasteiger partial charge in [0.25, 0.3) is 0 Å². The standard InChI is InChI=1S/C32H34N4O3/c1-35-19-26-6-4-8-28(33-26)21-36(22-29-9-5-7-27(20-35)34-29)18-25-16-23(12-14-30(25)37)10-11-24-13-15-31(38-2)32(17-24)39-3/h4-17,37H,18-22H2,1-3H3. The van der Waals surface area contributed by atoms with Gasteiger partial charge < -0.3 is 14.6 Å². The van der Waals surface area contributed by atoms with Crippen molar-refractivity contribution in [2.45, 2.75) is 32.7 Å². The first-order chi connectivity index (χ1) is 19.0. The van der Waals surface area contributed by atoms with Gasteiger partial charge in [0.2, 0.25) is 0 Å². The van der Waals surface area contributed by atoms with E-state index in [9.17, 15) is 5.11 Å². The molecule has 0 saturated heterocycles. The highest BCUT2D eigenvalue weighted by molar-refractivity contribution is 5.71. The second-order valence-electron chi connectivity index (χ2n) is 9.89. The van der Waals surface area contributed by atoms with Crippen LogP contribution in [-0.4, -0.2) is 46.1 Å². The van der Waals surface area contributed by atoms with E-state index in [1.54, 1.807) is 20.3 Å². The van der Waals surface area contributed by atoms with Crippen LogP contribution >= 0.6 is 0 Å². The Balaban J connectivity index is 1.41. The Morgan fingerprint density at radius 3 is 1.85 bits per heavy atom. The molecule has 5 rings (SSSR count). The monoisotopic (exact) mass is 522 g/mol. The molecule has 0 spiro atoms. The maximum Gasteiger partial charge on any atom is 0.161 e. The van der Waals surface area contributed by atoms with Crippen molar-refractivity contribution in [2.24, 2.45) is 0 Å². The highest BCUT2D eigenvalue weighted by Gasteiger charge is 2.15. The highest BCUT2D eigenvalue weighted by Crippen LogP contribution is 2.29. The van der Waals surface area contributed by atoms with Crippen LogP contribution in [0.3, 0.4) is 0 Å². The molecule has 2 aromatic heterocycles. The molecule has 0 amide bonds. The molecule has 0 radical (unpaired) electrons. The number of benzene rings is 2. The summed E-state index contributed by atoms with van der Waals surface area (Å²) in [7, 11) is 5.35. The van der Waals surface area contributed by atoms with Crippen LogP contribution in [0.1, 0.15) is 39.5 Å². The zero-order chi connectivity index (χ0) is 27.2. The molecule has 4 aromatic rings. The Morgan fingerprint density at radius 2 is 1.26 bits per heavy atom. The predicted molar refractivity (Wildman–Crippen MR) is 153 cm³/mol. The van der Waals surface area contributed by atoms with Crippen molar-refractivity contribution in [1.29, 1.82) is 0 Å². The molecule has 0 aliphatic carbocycles. The molecule has 3 heterocycles. The fourth-order valence-corrected chi connectivity index (χ4v) is 4.87. The number of ether oxygens (including phenoxy) is 2. The molecule has 200 valence electrons. The van der Waals surface area contributed by atoms with Crippen molar-refractivity contribution in [3.8, 4) is 17.2 Å². The van der Waals surface area contributed by atoms with Crippen LogP contribution in [-0.2, 0) is 32.7 Å². The molecule has 39 heavy (non-hydrogen) atoms. The number of hydrogen-bond acceptors (Lipinski definition) is 7. The number of rotatable bonds is 6. The van der Waals surface area contributed by atoms with E-state index < -0.39 is 0 Å². The van der Waals surface area contributed by atoms with Crippen molar-refractivity contribution < 1.29 is 14.6 Å². The lowest BCUT2D eigenvalue weighted by Crippen LogP contribution is -2.26. The van der Waals surface area contributed by atoms with Gasteiger partial charge in [0, 0.05) is 38.3 Å². The van der Waals surface area contributed by atoms with Crippen molar-refractivity contribution in [3.63, 3.8) is 0 Å². The Labute approximate surface area is 230 Å². The molecular formula is C32H34N4O3. The van der Waals surface area contributed by atoms with Crippen LogP contribution in [0, 0.1) is 0 Å². The molecule has 0 fully saturated rings. The molecule has 1 N–H and O–H groups in total. The van der Waals surface area contributed by atoms with Gasteiger partial charge in [0.15, 0.2) is 11.5 Å². The van der Waals surface area contributed by atoms with Gasteiger partial charge in [-0.15, -0.1) is 0 Å². The summed E-state index contributed by atoms with van der Waals surface area (Å²) in [6.07, 6.45) is 4.06. The van der Waals surface area contributed by atoms with Crippen molar-refractivity contribution >= 4 is 12.2 Å². The van der Waals surface area contributed by atoms with E-state index in [4.69, 9.17) is 19.4 Å². The summed E-state index contributed by atoms with van der Waals surface area (Å²) in [5.74, 6) is 1.65. The minimum Gasteiger partial charge on any atom is -0.508 e. The molecule has 2 aromatic carbocycles. The number of phenols is 1. The third-order valence-corrected chi connectivity index (χ3v) is 6.74. The number of aromatic nitrogens is 2. The molecule has 7 nitrogen and oxygen atoms in total. The van der Waals surface area contributed by atoms with Gasteiger partial charge in [-0.25, -0.2) is 0 Å². The van der Waals surface area contributed by atoms with Gasteiger partial charge in [-0.3, -0.25) is 19.8 Å². The fraction of sp³-hybridized carbons (Fsp3) is 0.250. The van der Waals surface area contributed by atoms with Crippen LogP contribution < -0.4 is 9.47 Å². The van der Waals surface area contributed by atoms with Gasteiger partial charge >= 0.3 is 0 Å². The van der Waals surface area contributed by atoms with Crippen molar-refractivity contribution in [1.82, 2.24) is 19.8 Å². The quantitative estimate of drug-likeness (QED) is 0.335. The van der Waals surface area contributed by atoms with E-state index in [2.05, 4.69) is 53.2 Å². The molecular weight excluding hydrogens is 488 g/mol. The predicted octanol–water partition coefficient (Wildman–Crippen LogP) is 5.52. The Morgan fingerprint density at radius 1 is 0.718 bits per heavy atom. The number of methoxy groups -OCH3 is 2. The zero-order valence-corrected chi connectivity index (χ0v) is 22.7.